The molecule has 31 heavy (non-hydrogen) atoms. The summed E-state index contributed by atoms with van der Waals surface area (Å²) in [4.78, 5) is 16.4. The van der Waals surface area contributed by atoms with Crippen molar-refractivity contribution in [2.45, 2.75) is 30.3 Å². The van der Waals surface area contributed by atoms with Crippen LogP contribution in [0.3, 0.4) is 0 Å². The third-order valence-electron chi connectivity index (χ3n) is 4.76. The SMILES string of the molecule is CC(=O)Nc1ccc(SCC2COC(Cn3ccnc3)(c3ccc(Cl)cc3Cl)O2)cc1. The first-order chi connectivity index (χ1) is 14.9. The highest BCUT2D eigenvalue weighted by atomic mass is 35.5. The van der Waals surface area contributed by atoms with Gasteiger partial charge in [0.2, 0.25) is 11.7 Å². The van der Waals surface area contributed by atoms with Crippen LogP contribution in [0.4, 0.5) is 5.69 Å². The number of halogens is 2. The Hall–Kier alpha value is -2.03. The Morgan fingerprint density at radius 2 is 2.10 bits per heavy atom. The standard InChI is InChI=1S/C22H21Cl2N3O3S/c1-15(28)26-17-3-5-19(6-4-17)31-12-18-11-29-22(30-18,13-27-9-8-25-14-27)20-7-2-16(23)10-21(20)24/h2-10,14,18H,11-13H2,1H3,(H,26,28). The van der Waals surface area contributed by atoms with Gasteiger partial charge in [0.25, 0.3) is 0 Å². The lowest BCUT2D eigenvalue weighted by Crippen LogP contribution is -2.34. The van der Waals surface area contributed by atoms with Crippen LogP contribution < -0.4 is 5.32 Å². The first kappa shape index (κ1) is 22.2. The second kappa shape index (κ2) is 9.63. The molecular formula is C22H21Cl2N3O3S. The molecule has 162 valence electrons. The molecule has 1 amide bonds. The molecule has 0 aliphatic carbocycles. The second-order valence-corrected chi connectivity index (χ2v) is 9.12. The van der Waals surface area contributed by atoms with Crippen LogP contribution in [0.1, 0.15) is 12.5 Å². The summed E-state index contributed by atoms with van der Waals surface area (Å²) in [6.45, 7) is 2.34. The summed E-state index contributed by atoms with van der Waals surface area (Å²) in [7, 11) is 0. The van der Waals surface area contributed by atoms with E-state index in [0.29, 0.717) is 28.9 Å². The van der Waals surface area contributed by atoms with Crippen LogP contribution in [0.15, 0.2) is 66.1 Å². The van der Waals surface area contributed by atoms with Gasteiger partial charge in [-0.3, -0.25) is 4.79 Å². The fourth-order valence-corrected chi connectivity index (χ4v) is 4.83. The number of ether oxygens (including phenoxy) is 2. The number of aromatic nitrogens is 2. The second-order valence-electron chi connectivity index (χ2n) is 7.18. The van der Waals surface area contributed by atoms with Gasteiger partial charge in [-0.25, -0.2) is 4.98 Å². The smallest absolute Gasteiger partial charge is 0.221 e. The van der Waals surface area contributed by atoms with Crippen LogP contribution in [0, 0.1) is 0 Å². The van der Waals surface area contributed by atoms with E-state index in [2.05, 4.69) is 10.3 Å². The lowest BCUT2D eigenvalue weighted by atomic mass is 10.1. The van der Waals surface area contributed by atoms with Crippen molar-refractivity contribution in [1.29, 1.82) is 0 Å². The number of carbonyl (C=O) groups is 1. The van der Waals surface area contributed by atoms with Crippen molar-refractivity contribution in [3.63, 3.8) is 0 Å². The van der Waals surface area contributed by atoms with Gasteiger partial charge in [0, 0.05) is 46.2 Å². The van der Waals surface area contributed by atoms with Crippen molar-refractivity contribution in [3.8, 4) is 0 Å². The molecule has 0 bridgehead atoms. The Bertz CT molecular complexity index is 1050. The minimum atomic E-state index is -1.02. The van der Waals surface area contributed by atoms with Crippen LogP contribution >= 0.6 is 35.0 Å². The summed E-state index contributed by atoms with van der Waals surface area (Å²) in [5.74, 6) is -0.411. The number of thioether (sulfide) groups is 1. The van der Waals surface area contributed by atoms with E-state index < -0.39 is 5.79 Å². The summed E-state index contributed by atoms with van der Waals surface area (Å²) < 4.78 is 14.6. The summed E-state index contributed by atoms with van der Waals surface area (Å²) in [5, 5.41) is 3.82. The first-order valence-electron chi connectivity index (χ1n) is 9.67. The average molecular weight is 478 g/mol. The molecule has 1 aromatic heterocycles. The molecular weight excluding hydrogens is 457 g/mol. The zero-order valence-corrected chi connectivity index (χ0v) is 19.1. The molecule has 2 unspecified atom stereocenters. The molecule has 1 aliphatic heterocycles. The minimum absolute atomic E-state index is 0.0907. The van der Waals surface area contributed by atoms with Crippen molar-refractivity contribution in [2.75, 3.05) is 17.7 Å². The maximum atomic E-state index is 11.2. The Morgan fingerprint density at radius 1 is 1.29 bits per heavy atom. The lowest BCUT2D eigenvalue weighted by Gasteiger charge is -2.30. The molecule has 4 rings (SSSR count). The maximum Gasteiger partial charge on any atom is 0.221 e. The van der Waals surface area contributed by atoms with Gasteiger partial charge >= 0.3 is 0 Å². The van der Waals surface area contributed by atoms with Crippen LogP contribution in [0.2, 0.25) is 10.0 Å². The van der Waals surface area contributed by atoms with Crippen molar-refractivity contribution in [2.24, 2.45) is 0 Å². The highest BCUT2D eigenvalue weighted by molar-refractivity contribution is 7.99. The molecule has 1 fully saturated rings. The summed E-state index contributed by atoms with van der Waals surface area (Å²) in [6.07, 6.45) is 5.16. The first-order valence-corrected chi connectivity index (χ1v) is 11.4. The van der Waals surface area contributed by atoms with E-state index in [1.165, 1.54) is 6.92 Å². The number of nitrogens with one attached hydrogen (secondary N) is 1. The molecule has 1 saturated heterocycles. The number of hydrogen-bond acceptors (Lipinski definition) is 5. The van der Waals surface area contributed by atoms with Gasteiger partial charge in [0.15, 0.2) is 0 Å². The minimum Gasteiger partial charge on any atom is -0.342 e. The normalized spacial score (nSPS) is 20.7. The highest BCUT2D eigenvalue weighted by Gasteiger charge is 2.45. The van der Waals surface area contributed by atoms with E-state index in [1.807, 2.05) is 41.1 Å². The predicted molar refractivity (Wildman–Crippen MR) is 123 cm³/mol. The number of rotatable bonds is 7. The van der Waals surface area contributed by atoms with Gasteiger partial charge in [0.05, 0.1) is 30.6 Å². The molecule has 6 nitrogen and oxygen atoms in total. The van der Waals surface area contributed by atoms with Crippen LogP contribution in [0.5, 0.6) is 0 Å². The topological polar surface area (TPSA) is 65.4 Å². The molecule has 3 aromatic rings. The number of carbonyl (C=O) groups excluding carboxylic acids is 1. The Kier molecular flexibility index (Phi) is 6.89. The van der Waals surface area contributed by atoms with Gasteiger partial charge in [-0.05, 0) is 36.4 Å². The number of imidazole rings is 1. The number of hydrogen-bond donors (Lipinski definition) is 1. The van der Waals surface area contributed by atoms with Crippen LogP contribution in [-0.4, -0.2) is 33.9 Å². The summed E-state index contributed by atoms with van der Waals surface area (Å²) >= 11 is 14.3. The van der Waals surface area contributed by atoms with Crippen molar-refractivity contribution in [3.05, 3.63) is 76.8 Å². The highest BCUT2D eigenvalue weighted by Crippen LogP contribution is 2.41. The fourth-order valence-electron chi connectivity index (χ4n) is 3.40. The van der Waals surface area contributed by atoms with Gasteiger partial charge in [-0.15, -0.1) is 11.8 Å². The molecule has 1 aliphatic rings. The van der Waals surface area contributed by atoms with E-state index in [1.54, 1.807) is 36.4 Å². The van der Waals surface area contributed by atoms with Gasteiger partial charge in [0.1, 0.15) is 0 Å². The Morgan fingerprint density at radius 3 is 2.77 bits per heavy atom. The predicted octanol–water partition coefficient (Wildman–Crippen LogP) is 5.21. The van der Waals surface area contributed by atoms with Crippen molar-refractivity contribution < 1.29 is 14.3 Å². The zero-order valence-electron chi connectivity index (χ0n) is 16.8. The third kappa shape index (κ3) is 5.42. The van der Waals surface area contributed by atoms with E-state index in [0.717, 1.165) is 16.1 Å². The lowest BCUT2D eigenvalue weighted by molar-refractivity contribution is -0.184. The fraction of sp³-hybridized carbons (Fsp3) is 0.273. The number of anilines is 1. The van der Waals surface area contributed by atoms with Crippen molar-refractivity contribution in [1.82, 2.24) is 9.55 Å². The van der Waals surface area contributed by atoms with E-state index in [9.17, 15) is 4.79 Å². The molecule has 2 aromatic carbocycles. The molecule has 0 saturated carbocycles. The Labute approximate surface area is 194 Å². The zero-order chi connectivity index (χ0) is 21.8. The van der Waals surface area contributed by atoms with Crippen LogP contribution in [-0.2, 0) is 26.6 Å². The molecule has 9 heteroatoms. The molecule has 1 N–H and O–H groups in total. The van der Waals surface area contributed by atoms with Gasteiger partial charge < -0.3 is 19.4 Å². The summed E-state index contributed by atoms with van der Waals surface area (Å²) in [6, 6.07) is 13.0. The number of amides is 1. The largest absolute Gasteiger partial charge is 0.342 e. The van der Waals surface area contributed by atoms with E-state index in [4.69, 9.17) is 32.7 Å². The third-order valence-corrected chi connectivity index (χ3v) is 6.45. The summed E-state index contributed by atoms with van der Waals surface area (Å²) in [5.41, 5.74) is 1.51. The Balaban J connectivity index is 1.47. The average Bonchev–Trinajstić information content (AvgIpc) is 3.38. The van der Waals surface area contributed by atoms with E-state index >= 15 is 0 Å². The van der Waals surface area contributed by atoms with Gasteiger partial charge in [-0.2, -0.15) is 0 Å². The molecule has 2 atom stereocenters. The van der Waals surface area contributed by atoms with E-state index in [-0.39, 0.29) is 12.0 Å². The monoisotopic (exact) mass is 477 g/mol. The van der Waals surface area contributed by atoms with Gasteiger partial charge in [-0.1, -0.05) is 29.3 Å². The molecule has 2 heterocycles. The number of benzene rings is 2. The number of nitrogens with zero attached hydrogens (tertiary/aromatic N) is 2. The molecule has 0 spiro atoms. The van der Waals surface area contributed by atoms with Crippen molar-refractivity contribution >= 4 is 46.6 Å². The maximum absolute atomic E-state index is 11.2. The van der Waals surface area contributed by atoms with Crippen LogP contribution in [0.25, 0.3) is 0 Å². The molecule has 0 radical (unpaired) electrons. The quantitative estimate of drug-likeness (QED) is 0.473.